The van der Waals surface area contributed by atoms with E-state index in [9.17, 15) is 4.79 Å². The number of aromatic nitrogens is 2. The van der Waals surface area contributed by atoms with Crippen molar-refractivity contribution in [3.8, 4) is 0 Å². The Hall–Kier alpha value is -3.52. The molecule has 0 spiro atoms. The molecule has 0 bridgehead atoms. The Morgan fingerprint density at radius 1 is 1.06 bits per heavy atom. The summed E-state index contributed by atoms with van der Waals surface area (Å²) in [6.07, 6.45) is 1.56. The zero-order valence-corrected chi connectivity index (χ0v) is 18.9. The number of halogens is 1. The molecule has 4 N–H and O–H groups in total. The quantitative estimate of drug-likeness (QED) is 0.500. The van der Waals surface area contributed by atoms with Gasteiger partial charge in [0.25, 0.3) is 0 Å². The average molecular weight is 452 g/mol. The number of rotatable bonds is 5. The van der Waals surface area contributed by atoms with Gasteiger partial charge in [-0.3, -0.25) is 4.79 Å². The van der Waals surface area contributed by atoms with E-state index in [2.05, 4.69) is 44.6 Å². The van der Waals surface area contributed by atoms with Crippen LogP contribution in [0.3, 0.4) is 0 Å². The van der Waals surface area contributed by atoms with E-state index in [1.807, 2.05) is 35.2 Å². The van der Waals surface area contributed by atoms with Crippen LogP contribution in [-0.4, -0.2) is 47.0 Å². The molecule has 1 saturated heterocycles. The van der Waals surface area contributed by atoms with Crippen molar-refractivity contribution in [3.05, 3.63) is 59.2 Å². The summed E-state index contributed by atoms with van der Waals surface area (Å²) in [4.78, 5) is 24.6. The summed E-state index contributed by atoms with van der Waals surface area (Å²) < 4.78 is 0. The number of nitrogens with zero attached hydrogens (tertiary/aromatic N) is 4. The lowest BCUT2D eigenvalue weighted by Crippen LogP contribution is -2.48. The van der Waals surface area contributed by atoms with Crippen molar-refractivity contribution in [2.45, 2.75) is 13.8 Å². The molecule has 1 amide bonds. The molecule has 2 heterocycles. The fourth-order valence-electron chi connectivity index (χ4n) is 3.75. The largest absolute Gasteiger partial charge is 0.399 e. The first-order valence-electron chi connectivity index (χ1n) is 10.4. The number of piperazine rings is 1. The van der Waals surface area contributed by atoms with Crippen molar-refractivity contribution in [2.75, 3.05) is 47.4 Å². The van der Waals surface area contributed by atoms with Crippen LogP contribution in [0.25, 0.3) is 0 Å². The van der Waals surface area contributed by atoms with Gasteiger partial charge in [0.2, 0.25) is 11.9 Å². The Morgan fingerprint density at radius 3 is 2.50 bits per heavy atom. The van der Waals surface area contributed by atoms with E-state index in [0.717, 1.165) is 43.1 Å². The highest BCUT2D eigenvalue weighted by Crippen LogP contribution is 2.28. The van der Waals surface area contributed by atoms with Crippen LogP contribution in [0.2, 0.25) is 5.02 Å². The van der Waals surface area contributed by atoms with Crippen LogP contribution in [0, 0.1) is 6.92 Å². The van der Waals surface area contributed by atoms with Crippen LogP contribution in [0.1, 0.15) is 12.5 Å². The summed E-state index contributed by atoms with van der Waals surface area (Å²) in [7, 11) is 0. The van der Waals surface area contributed by atoms with E-state index in [0.29, 0.717) is 22.5 Å². The smallest absolute Gasteiger partial charge is 0.229 e. The van der Waals surface area contributed by atoms with Crippen molar-refractivity contribution in [3.63, 3.8) is 0 Å². The number of anilines is 6. The zero-order valence-electron chi connectivity index (χ0n) is 18.1. The molecule has 0 atom stereocenters. The zero-order chi connectivity index (χ0) is 22.7. The topological polar surface area (TPSA) is 99.4 Å². The first-order chi connectivity index (χ1) is 15.4. The first kappa shape index (κ1) is 21.7. The lowest BCUT2D eigenvalue weighted by molar-refractivity contribution is -0.129. The van der Waals surface area contributed by atoms with E-state index in [1.54, 1.807) is 13.1 Å². The minimum atomic E-state index is 0.133. The van der Waals surface area contributed by atoms with E-state index in [-0.39, 0.29) is 5.91 Å². The van der Waals surface area contributed by atoms with Gasteiger partial charge in [-0.1, -0.05) is 17.7 Å². The highest BCUT2D eigenvalue weighted by molar-refractivity contribution is 6.32. The van der Waals surface area contributed by atoms with Crippen LogP contribution < -0.4 is 21.3 Å². The lowest BCUT2D eigenvalue weighted by Gasteiger charge is -2.36. The first-order valence-corrected chi connectivity index (χ1v) is 10.8. The van der Waals surface area contributed by atoms with Gasteiger partial charge in [0.05, 0.1) is 6.20 Å². The summed E-state index contributed by atoms with van der Waals surface area (Å²) in [5, 5.41) is 6.83. The molecule has 8 nitrogen and oxygen atoms in total. The Balaban J connectivity index is 1.46. The molecule has 1 aliphatic heterocycles. The third-order valence-corrected chi connectivity index (χ3v) is 5.69. The van der Waals surface area contributed by atoms with E-state index in [1.165, 1.54) is 5.69 Å². The third-order valence-electron chi connectivity index (χ3n) is 5.41. The number of hydrogen-bond acceptors (Lipinski definition) is 7. The number of aryl methyl sites for hydroxylation is 1. The van der Waals surface area contributed by atoms with Crippen molar-refractivity contribution < 1.29 is 4.79 Å². The molecule has 4 rings (SSSR count). The Bertz CT molecular complexity index is 1130. The Kier molecular flexibility index (Phi) is 6.32. The average Bonchev–Trinajstić information content (AvgIpc) is 2.76. The van der Waals surface area contributed by atoms with Gasteiger partial charge in [-0.05, 0) is 48.9 Å². The molecular weight excluding hydrogens is 426 g/mol. The maximum atomic E-state index is 11.6. The van der Waals surface area contributed by atoms with Crippen LogP contribution in [0.15, 0.2) is 48.7 Å². The van der Waals surface area contributed by atoms with Crippen molar-refractivity contribution in [1.29, 1.82) is 0 Å². The van der Waals surface area contributed by atoms with Gasteiger partial charge in [-0.15, -0.1) is 0 Å². The fraction of sp³-hybridized carbons (Fsp3) is 0.261. The molecular formula is C23H26ClN7O. The molecule has 0 aliphatic carbocycles. The molecule has 0 radical (unpaired) electrons. The number of nitrogens with one attached hydrogen (secondary N) is 2. The number of amides is 1. The van der Waals surface area contributed by atoms with Gasteiger partial charge in [0, 0.05) is 55.9 Å². The summed E-state index contributed by atoms with van der Waals surface area (Å²) >= 11 is 6.27. The maximum absolute atomic E-state index is 11.6. The second-order valence-electron chi connectivity index (χ2n) is 7.76. The molecule has 32 heavy (non-hydrogen) atoms. The molecule has 2 aromatic carbocycles. The van der Waals surface area contributed by atoms with E-state index >= 15 is 0 Å². The number of nitrogens with two attached hydrogens (primary N) is 1. The predicted molar refractivity (Wildman–Crippen MR) is 130 cm³/mol. The minimum Gasteiger partial charge on any atom is -0.399 e. The number of nitrogen functional groups attached to an aromatic ring is 1. The van der Waals surface area contributed by atoms with Crippen LogP contribution in [-0.2, 0) is 4.79 Å². The number of benzene rings is 2. The Labute approximate surface area is 192 Å². The summed E-state index contributed by atoms with van der Waals surface area (Å²) in [6, 6.07) is 13.5. The van der Waals surface area contributed by atoms with Crippen molar-refractivity contribution in [2.24, 2.45) is 0 Å². The molecule has 3 aromatic rings. The molecule has 9 heteroatoms. The maximum Gasteiger partial charge on any atom is 0.229 e. The lowest BCUT2D eigenvalue weighted by atomic mass is 10.1. The van der Waals surface area contributed by atoms with Crippen LogP contribution in [0.4, 0.5) is 34.5 Å². The van der Waals surface area contributed by atoms with Gasteiger partial charge in [0.1, 0.15) is 5.02 Å². The molecule has 166 valence electrons. The van der Waals surface area contributed by atoms with Gasteiger partial charge < -0.3 is 26.2 Å². The summed E-state index contributed by atoms with van der Waals surface area (Å²) in [5.41, 5.74) is 10.5. The predicted octanol–water partition coefficient (Wildman–Crippen LogP) is 4.18. The monoisotopic (exact) mass is 451 g/mol. The molecule has 1 fully saturated rings. The van der Waals surface area contributed by atoms with Crippen molar-refractivity contribution in [1.82, 2.24) is 14.9 Å². The Morgan fingerprint density at radius 2 is 1.81 bits per heavy atom. The summed E-state index contributed by atoms with van der Waals surface area (Å²) in [6.45, 7) is 6.84. The number of hydrogen-bond donors (Lipinski definition) is 3. The second kappa shape index (κ2) is 9.32. The van der Waals surface area contributed by atoms with Crippen molar-refractivity contribution >= 4 is 52.0 Å². The second-order valence-corrected chi connectivity index (χ2v) is 8.17. The number of carbonyl (C=O) groups is 1. The highest BCUT2D eigenvalue weighted by atomic mass is 35.5. The van der Waals surface area contributed by atoms with Crippen LogP contribution in [0.5, 0.6) is 0 Å². The number of carbonyl (C=O) groups excluding carboxylic acids is 1. The highest BCUT2D eigenvalue weighted by Gasteiger charge is 2.20. The molecule has 0 saturated carbocycles. The van der Waals surface area contributed by atoms with Gasteiger partial charge in [0.15, 0.2) is 5.82 Å². The SMILES string of the molecule is CC(=O)N1CCN(c2ccc(Nc3ncc(Cl)c(Nc4cccc(N)c4)n3)cc2C)CC1. The minimum absolute atomic E-state index is 0.133. The van der Waals surface area contributed by atoms with Crippen LogP contribution >= 0.6 is 11.6 Å². The molecule has 1 aromatic heterocycles. The van der Waals surface area contributed by atoms with Gasteiger partial charge >= 0.3 is 0 Å². The fourth-order valence-corrected chi connectivity index (χ4v) is 3.89. The van der Waals surface area contributed by atoms with E-state index in [4.69, 9.17) is 17.3 Å². The van der Waals surface area contributed by atoms with Gasteiger partial charge in [-0.2, -0.15) is 4.98 Å². The summed E-state index contributed by atoms with van der Waals surface area (Å²) in [5.74, 6) is 1.06. The standard InChI is InChI=1S/C23H26ClN7O/c1-15-12-19(6-7-21(15)31-10-8-30(9-11-31)16(2)32)28-23-26-14-20(24)22(29-23)27-18-5-3-4-17(25)13-18/h3-7,12-14H,8-11,25H2,1-2H3,(H2,26,27,28,29). The van der Waals surface area contributed by atoms with Gasteiger partial charge in [-0.25, -0.2) is 4.98 Å². The third kappa shape index (κ3) is 5.03. The molecule has 1 aliphatic rings. The molecule has 0 unspecified atom stereocenters. The normalized spacial score (nSPS) is 13.7. The van der Waals surface area contributed by atoms with E-state index < -0.39 is 0 Å².